The summed E-state index contributed by atoms with van der Waals surface area (Å²) in [5, 5.41) is 1.17. The Morgan fingerprint density at radius 3 is 2.95 bits per heavy atom. The highest BCUT2D eigenvalue weighted by atomic mass is 32.1. The monoisotopic (exact) mass is 276 g/mol. The lowest BCUT2D eigenvalue weighted by atomic mass is 10.1. The number of thiophene rings is 1. The maximum atomic E-state index is 5.87. The molecular weight excluding hydrogens is 256 g/mol. The van der Waals surface area contributed by atoms with E-state index in [1.165, 1.54) is 23.1 Å². The van der Waals surface area contributed by atoms with Gasteiger partial charge in [0.25, 0.3) is 0 Å². The van der Waals surface area contributed by atoms with Gasteiger partial charge in [-0.15, -0.1) is 11.3 Å². The molecule has 2 aromatic rings. The van der Waals surface area contributed by atoms with Gasteiger partial charge in [-0.05, 0) is 24.8 Å². The van der Waals surface area contributed by atoms with Crippen LogP contribution in [0.25, 0.3) is 10.2 Å². The van der Waals surface area contributed by atoms with Gasteiger partial charge in [0.05, 0.1) is 5.39 Å². The van der Waals surface area contributed by atoms with Crippen LogP contribution in [-0.4, -0.2) is 23.1 Å². The Hall–Kier alpha value is -1.36. The first-order valence-electron chi connectivity index (χ1n) is 7.02. The van der Waals surface area contributed by atoms with Crippen molar-refractivity contribution in [3.63, 3.8) is 0 Å². The van der Waals surface area contributed by atoms with E-state index < -0.39 is 0 Å². The van der Waals surface area contributed by atoms with E-state index in [1.54, 1.807) is 11.3 Å². The fourth-order valence-corrected chi connectivity index (χ4v) is 3.71. The summed E-state index contributed by atoms with van der Waals surface area (Å²) in [5.74, 6) is 2.22. The Bertz CT molecular complexity index is 592. The van der Waals surface area contributed by atoms with E-state index in [4.69, 9.17) is 5.73 Å². The topological polar surface area (TPSA) is 55.0 Å². The summed E-state index contributed by atoms with van der Waals surface area (Å²) in [6, 6.07) is 2.23. The van der Waals surface area contributed by atoms with Crippen LogP contribution in [0.15, 0.2) is 6.07 Å². The zero-order chi connectivity index (χ0) is 13.4. The second-order valence-electron chi connectivity index (χ2n) is 5.20. The van der Waals surface area contributed by atoms with Crippen LogP contribution < -0.4 is 10.6 Å². The van der Waals surface area contributed by atoms with Gasteiger partial charge in [0.15, 0.2) is 0 Å². The number of aryl methyl sites for hydroxylation is 1. The molecule has 0 aromatic carbocycles. The predicted molar refractivity (Wildman–Crippen MR) is 81.8 cm³/mol. The maximum absolute atomic E-state index is 5.87. The van der Waals surface area contributed by atoms with Crippen molar-refractivity contribution >= 4 is 33.3 Å². The van der Waals surface area contributed by atoms with Crippen molar-refractivity contribution in [2.45, 2.75) is 33.1 Å². The Morgan fingerprint density at radius 1 is 1.42 bits per heavy atom. The molecule has 3 rings (SSSR count). The molecule has 1 aliphatic heterocycles. The first kappa shape index (κ1) is 12.7. The molecule has 1 fully saturated rings. The van der Waals surface area contributed by atoms with Gasteiger partial charge in [-0.3, -0.25) is 0 Å². The highest BCUT2D eigenvalue weighted by Crippen LogP contribution is 2.34. The van der Waals surface area contributed by atoms with E-state index in [1.807, 2.05) is 0 Å². The lowest BCUT2D eigenvalue weighted by molar-refractivity contribution is 0.569. The summed E-state index contributed by atoms with van der Waals surface area (Å²) in [4.78, 5) is 13.6. The lowest BCUT2D eigenvalue weighted by Crippen LogP contribution is -2.21. The molecule has 19 heavy (non-hydrogen) atoms. The van der Waals surface area contributed by atoms with E-state index in [0.29, 0.717) is 5.95 Å². The van der Waals surface area contributed by atoms with Gasteiger partial charge < -0.3 is 10.6 Å². The summed E-state index contributed by atoms with van der Waals surface area (Å²) >= 11 is 1.73. The quantitative estimate of drug-likeness (QED) is 0.936. The lowest BCUT2D eigenvalue weighted by Gasteiger charge is -2.18. The number of fused-ring (bicyclic) bond motifs is 1. The number of aromatic nitrogens is 2. The van der Waals surface area contributed by atoms with E-state index in [-0.39, 0.29) is 0 Å². The molecule has 1 unspecified atom stereocenters. The number of nitrogens with two attached hydrogens (primary N) is 1. The van der Waals surface area contributed by atoms with Crippen LogP contribution in [0.3, 0.4) is 0 Å². The van der Waals surface area contributed by atoms with Crippen LogP contribution in [0, 0.1) is 5.92 Å². The first-order valence-corrected chi connectivity index (χ1v) is 7.83. The van der Waals surface area contributed by atoms with E-state index >= 15 is 0 Å². The molecule has 1 atom stereocenters. The molecule has 1 saturated heterocycles. The standard InChI is InChI=1S/C14H20N4S/c1-3-9-5-6-18(8-9)12-11-7-10(4-2)19-13(11)17-14(15)16-12/h7,9H,3-6,8H2,1-2H3,(H2,15,16,17). The third-order valence-electron chi connectivity index (χ3n) is 3.95. The SMILES string of the molecule is CCc1cc2c(N3CCC(CC)C3)nc(N)nc2s1. The summed E-state index contributed by atoms with van der Waals surface area (Å²) in [6.45, 7) is 6.61. The molecule has 0 aliphatic carbocycles. The second kappa shape index (κ2) is 4.96. The van der Waals surface area contributed by atoms with E-state index in [9.17, 15) is 0 Å². The first-order chi connectivity index (χ1) is 9.21. The molecular formula is C14H20N4S. The maximum Gasteiger partial charge on any atom is 0.223 e. The van der Waals surface area contributed by atoms with Crippen molar-refractivity contribution < 1.29 is 0 Å². The van der Waals surface area contributed by atoms with Crippen LogP contribution in [0.1, 0.15) is 31.6 Å². The second-order valence-corrected chi connectivity index (χ2v) is 6.31. The molecule has 3 heterocycles. The number of rotatable bonds is 3. The number of hydrogen-bond donors (Lipinski definition) is 1. The highest BCUT2D eigenvalue weighted by molar-refractivity contribution is 7.18. The third kappa shape index (κ3) is 2.27. The molecule has 5 heteroatoms. The molecule has 0 saturated carbocycles. The number of nitrogen functional groups attached to an aromatic ring is 1. The van der Waals surface area contributed by atoms with Crippen LogP contribution in [0.4, 0.5) is 11.8 Å². The number of anilines is 2. The third-order valence-corrected chi connectivity index (χ3v) is 5.13. The van der Waals surface area contributed by atoms with Gasteiger partial charge in [0, 0.05) is 18.0 Å². The molecule has 0 bridgehead atoms. The van der Waals surface area contributed by atoms with Gasteiger partial charge >= 0.3 is 0 Å². The summed E-state index contributed by atoms with van der Waals surface area (Å²) in [5.41, 5.74) is 5.87. The zero-order valence-corrected chi connectivity index (χ0v) is 12.3. The van der Waals surface area contributed by atoms with Crippen molar-refractivity contribution in [1.29, 1.82) is 0 Å². The molecule has 4 nitrogen and oxygen atoms in total. The molecule has 0 amide bonds. The summed E-state index contributed by atoms with van der Waals surface area (Å²) in [6.07, 6.45) is 3.54. The van der Waals surface area contributed by atoms with Crippen LogP contribution in [-0.2, 0) is 6.42 Å². The van der Waals surface area contributed by atoms with Crippen molar-refractivity contribution in [2.24, 2.45) is 5.92 Å². The van der Waals surface area contributed by atoms with Crippen LogP contribution >= 0.6 is 11.3 Å². The highest BCUT2D eigenvalue weighted by Gasteiger charge is 2.24. The molecule has 0 spiro atoms. The van der Waals surface area contributed by atoms with Gasteiger partial charge in [-0.2, -0.15) is 4.98 Å². The minimum Gasteiger partial charge on any atom is -0.368 e. The fraction of sp³-hybridized carbons (Fsp3) is 0.571. The van der Waals surface area contributed by atoms with Crippen molar-refractivity contribution in [3.05, 3.63) is 10.9 Å². The minimum atomic E-state index is 0.395. The van der Waals surface area contributed by atoms with Crippen LogP contribution in [0.5, 0.6) is 0 Å². The van der Waals surface area contributed by atoms with Crippen molar-refractivity contribution in [1.82, 2.24) is 9.97 Å². The number of hydrogen-bond acceptors (Lipinski definition) is 5. The van der Waals surface area contributed by atoms with E-state index in [0.717, 1.165) is 36.1 Å². The molecule has 2 N–H and O–H groups in total. The van der Waals surface area contributed by atoms with Gasteiger partial charge in [0.2, 0.25) is 5.95 Å². The molecule has 2 aromatic heterocycles. The Morgan fingerprint density at radius 2 is 2.26 bits per heavy atom. The van der Waals surface area contributed by atoms with Gasteiger partial charge in [-0.25, -0.2) is 4.98 Å². The molecule has 102 valence electrons. The average Bonchev–Trinajstić information content (AvgIpc) is 3.03. The summed E-state index contributed by atoms with van der Waals surface area (Å²) in [7, 11) is 0. The van der Waals surface area contributed by atoms with Crippen molar-refractivity contribution in [2.75, 3.05) is 23.7 Å². The Kier molecular flexibility index (Phi) is 3.31. The number of nitrogens with zero attached hydrogens (tertiary/aromatic N) is 3. The largest absolute Gasteiger partial charge is 0.368 e. The molecule has 1 aliphatic rings. The predicted octanol–water partition coefficient (Wildman–Crippen LogP) is 3.07. The van der Waals surface area contributed by atoms with E-state index in [2.05, 4.69) is 34.8 Å². The normalized spacial score (nSPS) is 19.5. The van der Waals surface area contributed by atoms with Gasteiger partial charge in [-0.1, -0.05) is 20.3 Å². The van der Waals surface area contributed by atoms with Crippen molar-refractivity contribution in [3.8, 4) is 0 Å². The smallest absolute Gasteiger partial charge is 0.223 e. The average molecular weight is 276 g/mol. The van der Waals surface area contributed by atoms with Gasteiger partial charge in [0.1, 0.15) is 10.6 Å². The minimum absolute atomic E-state index is 0.395. The zero-order valence-electron chi connectivity index (χ0n) is 11.5. The fourth-order valence-electron chi connectivity index (χ4n) is 2.75. The summed E-state index contributed by atoms with van der Waals surface area (Å²) < 4.78 is 0. The Balaban J connectivity index is 2.04. The molecule has 0 radical (unpaired) electrons. The van der Waals surface area contributed by atoms with Crippen LogP contribution in [0.2, 0.25) is 0 Å². The Labute approximate surface area is 117 Å².